The van der Waals surface area contributed by atoms with E-state index in [1.54, 1.807) is 23.2 Å². The predicted octanol–water partition coefficient (Wildman–Crippen LogP) is 2.04. The van der Waals surface area contributed by atoms with Crippen molar-refractivity contribution in [2.24, 2.45) is 0 Å². The van der Waals surface area contributed by atoms with Crippen molar-refractivity contribution in [1.82, 2.24) is 14.8 Å². The van der Waals surface area contributed by atoms with E-state index in [4.69, 9.17) is 0 Å². The molecule has 0 saturated carbocycles. The van der Waals surface area contributed by atoms with Crippen LogP contribution in [0.3, 0.4) is 0 Å². The molecule has 0 aliphatic carbocycles. The maximum absolute atomic E-state index is 12.4. The van der Waals surface area contributed by atoms with Crippen LogP contribution >= 0.6 is 0 Å². The molecule has 1 N–H and O–H groups in total. The number of carbonyl (C=O) groups excluding carboxylic acids is 2. The number of rotatable bonds is 5. The van der Waals surface area contributed by atoms with Gasteiger partial charge in [0.1, 0.15) is 5.69 Å². The average Bonchev–Trinajstić information content (AvgIpc) is 2.69. The second kappa shape index (κ2) is 8.58. The molecule has 6 heteroatoms. The normalized spacial score (nSPS) is 14.9. The number of benzene rings is 1. The van der Waals surface area contributed by atoms with E-state index < -0.39 is 0 Å². The zero-order valence-corrected chi connectivity index (χ0v) is 15.0. The molecular weight excluding hydrogens is 328 g/mol. The van der Waals surface area contributed by atoms with E-state index in [9.17, 15) is 9.59 Å². The van der Waals surface area contributed by atoms with Gasteiger partial charge in [-0.2, -0.15) is 0 Å². The highest BCUT2D eigenvalue weighted by Crippen LogP contribution is 2.15. The van der Waals surface area contributed by atoms with E-state index in [1.807, 2.05) is 30.3 Å². The average molecular weight is 352 g/mol. The van der Waals surface area contributed by atoms with Gasteiger partial charge < -0.3 is 10.2 Å². The number of hydrogen-bond donors (Lipinski definition) is 1. The third-order valence-electron chi connectivity index (χ3n) is 4.58. The first-order valence-corrected chi connectivity index (χ1v) is 8.98. The number of aromatic nitrogens is 1. The third-order valence-corrected chi connectivity index (χ3v) is 4.58. The van der Waals surface area contributed by atoms with Crippen molar-refractivity contribution in [3.63, 3.8) is 0 Å². The minimum atomic E-state index is -0.0495. The Morgan fingerprint density at radius 1 is 1.04 bits per heavy atom. The van der Waals surface area contributed by atoms with E-state index in [0.29, 0.717) is 38.4 Å². The molecule has 2 heterocycles. The van der Waals surface area contributed by atoms with Crippen LogP contribution in [0, 0.1) is 0 Å². The summed E-state index contributed by atoms with van der Waals surface area (Å²) in [7, 11) is 0. The molecule has 0 radical (unpaired) electrons. The highest BCUT2D eigenvalue weighted by atomic mass is 16.2. The Labute approximate surface area is 153 Å². The Kier molecular flexibility index (Phi) is 5.96. The largest absolute Gasteiger partial charge is 0.335 e. The second-order valence-corrected chi connectivity index (χ2v) is 6.34. The molecule has 0 bridgehead atoms. The zero-order valence-electron chi connectivity index (χ0n) is 15.0. The number of aryl methyl sites for hydroxylation is 1. The third kappa shape index (κ3) is 4.46. The fourth-order valence-corrected chi connectivity index (χ4v) is 3.10. The van der Waals surface area contributed by atoms with Crippen LogP contribution in [0.4, 0.5) is 5.69 Å². The summed E-state index contributed by atoms with van der Waals surface area (Å²) >= 11 is 0. The summed E-state index contributed by atoms with van der Waals surface area (Å²) < 4.78 is 0. The summed E-state index contributed by atoms with van der Waals surface area (Å²) in [6.45, 7) is 4.98. The number of carbonyl (C=O) groups is 2. The number of para-hydroxylation sites is 1. The van der Waals surface area contributed by atoms with Crippen molar-refractivity contribution in [2.75, 3.05) is 38.0 Å². The number of piperazine rings is 1. The van der Waals surface area contributed by atoms with Crippen LogP contribution < -0.4 is 5.32 Å². The highest BCUT2D eigenvalue weighted by molar-refractivity contribution is 5.93. The number of hydrogen-bond acceptors (Lipinski definition) is 4. The number of pyridine rings is 1. The number of nitrogens with one attached hydrogen (secondary N) is 1. The van der Waals surface area contributed by atoms with Crippen LogP contribution in [0.15, 0.2) is 48.7 Å². The molecule has 3 rings (SSSR count). The van der Waals surface area contributed by atoms with Crippen molar-refractivity contribution in [3.8, 4) is 0 Å². The molecule has 26 heavy (non-hydrogen) atoms. The van der Waals surface area contributed by atoms with Gasteiger partial charge in [-0.3, -0.25) is 19.5 Å². The van der Waals surface area contributed by atoms with E-state index in [1.165, 1.54) is 0 Å². The van der Waals surface area contributed by atoms with Gasteiger partial charge in [-0.05, 0) is 30.2 Å². The maximum atomic E-state index is 12.4. The van der Waals surface area contributed by atoms with E-state index in [0.717, 1.165) is 17.7 Å². The van der Waals surface area contributed by atoms with E-state index in [-0.39, 0.29) is 11.8 Å². The number of nitrogens with zero attached hydrogens (tertiary/aromatic N) is 3. The molecule has 6 nitrogen and oxygen atoms in total. The van der Waals surface area contributed by atoms with Gasteiger partial charge >= 0.3 is 0 Å². The monoisotopic (exact) mass is 352 g/mol. The Hall–Kier alpha value is -2.73. The topological polar surface area (TPSA) is 65.5 Å². The van der Waals surface area contributed by atoms with Gasteiger partial charge in [-0.25, -0.2) is 0 Å². The molecule has 1 aliphatic rings. The van der Waals surface area contributed by atoms with Gasteiger partial charge in [-0.1, -0.05) is 31.2 Å². The number of amides is 2. The maximum Gasteiger partial charge on any atom is 0.272 e. The lowest BCUT2D eigenvalue weighted by atomic mass is 10.1. The zero-order chi connectivity index (χ0) is 18.4. The van der Waals surface area contributed by atoms with Crippen molar-refractivity contribution in [2.45, 2.75) is 13.3 Å². The summed E-state index contributed by atoms with van der Waals surface area (Å²) in [5.74, 6) is -0.0676. The van der Waals surface area contributed by atoms with E-state index >= 15 is 0 Å². The van der Waals surface area contributed by atoms with Crippen molar-refractivity contribution >= 4 is 17.5 Å². The Morgan fingerprint density at radius 3 is 2.46 bits per heavy atom. The molecule has 1 aliphatic heterocycles. The molecule has 1 aromatic heterocycles. The SMILES string of the molecule is CCc1ccccc1NC(=O)CN1CCN(C(=O)c2ccccn2)CC1. The minimum absolute atomic E-state index is 0.0181. The summed E-state index contributed by atoms with van der Waals surface area (Å²) in [5.41, 5.74) is 2.48. The summed E-state index contributed by atoms with van der Waals surface area (Å²) in [4.78, 5) is 32.7. The first-order valence-electron chi connectivity index (χ1n) is 8.98. The summed E-state index contributed by atoms with van der Waals surface area (Å²) in [5, 5.41) is 3.00. The molecule has 0 spiro atoms. The first kappa shape index (κ1) is 18.1. The lowest BCUT2D eigenvalue weighted by Gasteiger charge is -2.34. The second-order valence-electron chi connectivity index (χ2n) is 6.34. The van der Waals surface area contributed by atoms with Gasteiger partial charge in [0, 0.05) is 38.1 Å². The van der Waals surface area contributed by atoms with Crippen molar-refractivity contribution < 1.29 is 9.59 Å². The van der Waals surface area contributed by atoms with Gasteiger partial charge in [0.15, 0.2) is 0 Å². The summed E-state index contributed by atoms with van der Waals surface area (Å²) in [6, 6.07) is 13.2. The molecule has 0 atom stereocenters. The van der Waals surface area contributed by atoms with Crippen molar-refractivity contribution in [1.29, 1.82) is 0 Å². The fourth-order valence-electron chi connectivity index (χ4n) is 3.10. The standard InChI is InChI=1S/C20H24N4O2/c1-2-16-7-3-4-8-17(16)22-19(25)15-23-11-13-24(14-12-23)20(26)18-9-5-6-10-21-18/h3-10H,2,11-15H2,1H3,(H,22,25). The molecule has 0 unspecified atom stereocenters. The van der Waals surface area contributed by atoms with E-state index in [2.05, 4.69) is 22.1 Å². The lowest BCUT2D eigenvalue weighted by Crippen LogP contribution is -2.50. The van der Waals surface area contributed by atoms with Gasteiger partial charge in [0.25, 0.3) is 5.91 Å². The van der Waals surface area contributed by atoms with Crippen LogP contribution in [0.1, 0.15) is 23.0 Å². The summed E-state index contributed by atoms with van der Waals surface area (Å²) in [6.07, 6.45) is 2.51. The van der Waals surface area contributed by atoms with Crippen LogP contribution in [0.25, 0.3) is 0 Å². The fraction of sp³-hybridized carbons (Fsp3) is 0.350. The van der Waals surface area contributed by atoms with Crippen molar-refractivity contribution in [3.05, 3.63) is 59.9 Å². The quantitative estimate of drug-likeness (QED) is 0.894. The van der Waals surface area contributed by atoms with Gasteiger partial charge in [-0.15, -0.1) is 0 Å². The molecule has 1 aromatic carbocycles. The first-order chi connectivity index (χ1) is 12.7. The van der Waals surface area contributed by atoms with Crippen LogP contribution in [-0.4, -0.2) is 59.3 Å². The molecular formula is C20H24N4O2. The van der Waals surface area contributed by atoms with Gasteiger partial charge in [0.05, 0.1) is 6.54 Å². The number of anilines is 1. The Balaban J connectivity index is 1.49. The minimum Gasteiger partial charge on any atom is -0.335 e. The smallest absolute Gasteiger partial charge is 0.272 e. The van der Waals surface area contributed by atoms with Crippen LogP contribution in [0.2, 0.25) is 0 Å². The molecule has 2 amide bonds. The predicted molar refractivity (Wildman–Crippen MR) is 101 cm³/mol. The lowest BCUT2D eigenvalue weighted by molar-refractivity contribution is -0.117. The molecule has 1 saturated heterocycles. The molecule has 1 fully saturated rings. The Morgan fingerprint density at radius 2 is 1.77 bits per heavy atom. The molecule has 2 aromatic rings. The van der Waals surface area contributed by atoms with Crippen LogP contribution in [-0.2, 0) is 11.2 Å². The Bertz CT molecular complexity index is 755. The highest BCUT2D eigenvalue weighted by Gasteiger charge is 2.23. The molecule has 136 valence electrons. The van der Waals surface area contributed by atoms with Crippen LogP contribution in [0.5, 0.6) is 0 Å². The van der Waals surface area contributed by atoms with Gasteiger partial charge in [0.2, 0.25) is 5.91 Å².